The summed E-state index contributed by atoms with van der Waals surface area (Å²) in [7, 11) is 0. The number of amides is 3. The predicted molar refractivity (Wildman–Crippen MR) is 146 cm³/mol. The lowest BCUT2D eigenvalue weighted by atomic mass is 9.98. The van der Waals surface area contributed by atoms with Crippen molar-refractivity contribution in [3.63, 3.8) is 0 Å². The Labute approximate surface area is 224 Å². The lowest BCUT2D eigenvalue weighted by molar-refractivity contribution is -0.130. The third kappa shape index (κ3) is 3.98. The van der Waals surface area contributed by atoms with Crippen LogP contribution in [0.5, 0.6) is 0 Å². The van der Waals surface area contributed by atoms with E-state index in [4.69, 9.17) is 4.42 Å². The van der Waals surface area contributed by atoms with Gasteiger partial charge in [0.1, 0.15) is 23.0 Å². The van der Waals surface area contributed by atoms with Gasteiger partial charge in [-0.2, -0.15) is 0 Å². The van der Waals surface area contributed by atoms with Gasteiger partial charge in [-0.05, 0) is 51.3 Å². The van der Waals surface area contributed by atoms with Crippen LogP contribution in [-0.4, -0.2) is 75.0 Å². The number of aromatic nitrogens is 4. The first-order valence-corrected chi connectivity index (χ1v) is 13.2. The number of fused-ring (bicyclic) bond motifs is 2. The molecule has 2 aliphatic rings. The second-order valence-corrected chi connectivity index (χ2v) is 10.0. The first-order valence-electron chi connectivity index (χ1n) is 13.2. The van der Waals surface area contributed by atoms with E-state index >= 15 is 0 Å². The number of H-pyrrole nitrogens is 1. The van der Waals surface area contributed by atoms with Gasteiger partial charge >= 0.3 is 11.7 Å². The molecule has 3 amide bonds. The van der Waals surface area contributed by atoms with E-state index in [2.05, 4.69) is 44.0 Å². The lowest BCUT2D eigenvalue weighted by Gasteiger charge is -2.22. The number of benzene rings is 1. The molecule has 202 valence electrons. The quantitative estimate of drug-likeness (QED) is 0.272. The molecule has 2 saturated heterocycles. The number of hydrogen-bond acceptors (Lipinski definition) is 9. The largest absolute Gasteiger partial charge is 0.422 e. The number of rotatable bonds is 7. The number of urea groups is 1. The molecular weight excluding hydrogens is 500 g/mol. The highest BCUT2D eigenvalue weighted by molar-refractivity contribution is 6.08. The number of imidazole rings is 1. The summed E-state index contributed by atoms with van der Waals surface area (Å²) in [5, 5.41) is 3.75. The summed E-state index contributed by atoms with van der Waals surface area (Å²) >= 11 is 0. The van der Waals surface area contributed by atoms with Crippen LogP contribution in [0.15, 0.2) is 40.1 Å². The SMILES string of the molecule is CCN(CC)c1ccc2c(C)c(CCN3C(=O)NC4(CCN(c5ncnc6[nH]cnc56)C4)C3=O)c(=O)oc2c1. The van der Waals surface area contributed by atoms with Crippen LogP contribution in [0, 0.1) is 6.92 Å². The molecule has 1 aromatic carbocycles. The van der Waals surface area contributed by atoms with Gasteiger partial charge in [-0.3, -0.25) is 9.69 Å². The summed E-state index contributed by atoms with van der Waals surface area (Å²) in [6, 6.07) is 5.42. The maximum absolute atomic E-state index is 13.5. The standard InChI is InChI=1S/C27H30N8O4/c1-4-33(5-2)17-6-7-18-16(3)19(24(36)39-20(18)12-17)8-10-35-25(37)27(32-26(35)38)9-11-34(13-27)23-21-22(29-14-28-21)30-15-31-23/h6-7,12,14-15H,4-5,8-11,13H2,1-3H3,(H,32,38)(H,28,29,30,31). The number of hydrogen-bond donors (Lipinski definition) is 2. The summed E-state index contributed by atoms with van der Waals surface area (Å²) in [5.74, 6) is 0.321. The highest BCUT2D eigenvalue weighted by atomic mass is 16.4. The average molecular weight is 531 g/mol. The minimum atomic E-state index is -1.05. The summed E-state index contributed by atoms with van der Waals surface area (Å²) in [5.41, 5.74) is 2.52. The maximum atomic E-state index is 13.5. The Morgan fingerprint density at radius 2 is 1.95 bits per heavy atom. The van der Waals surface area contributed by atoms with Gasteiger partial charge in [0.2, 0.25) is 0 Å². The number of anilines is 2. The topological polar surface area (TPSA) is 141 Å². The van der Waals surface area contributed by atoms with Crippen molar-refractivity contribution in [2.24, 2.45) is 0 Å². The van der Waals surface area contributed by atoms with Crippen molar-refractivity contribution >= 4 is 45.6 Å². The third-order valence-electron chi connectivity index (χ3n) is 8.00. The molecular formula is C27H30N8O4. The van der Waals surface area contributed by atoms with Gasteiger partial charge in [0.15, 0.2) is 11.5 Å². The number of aromatic amines is 1. The molecule has 0 aliphatic carbocycles. The second kappa shape index (κ2) is 9.37. The molecule has 2 fully saturated rings. The van der Waals surface area contributed by atoms with Gasteiger partial charge in [-0.1, -0.05) is 0 Å². The Morgan fingerprint density at radius 3 is 2.74 bits per heavy atom. The molecule has 1 unspecified atom stereocenters. The molecule has 12 nitrogen and oxygen atoms in total. The van der Waals surface area contributed by atoms with Crippen LogP contribution < -0.4 is 20.7 Å². The van der Waals surface area contributed by atoms with Crippen molar-refractivity contribution < 1.29 is 14.0 Å². The van der Waals surface area contributed by atoms with Crippen molar-refractivity contribution in [3.05, 3.63) is 52.4 Å². The lowest BCUT2D eigenvalue weighted by Crippen LogP contribution is -2.49. The smallest absolute Gasteiger partial charge is 0.339 e. The Kier molecular flexibility index (Phi) is 5.96. The minimum absolute atomic E-state index is 0.0815. The van der Waals surface area contributed by atoms with Crippen LogP contribution in [0.2, 0.25) is 0 Å². The first-order chi connectivity index (χ1) is 18.8. The summed E-state index contributed by atoms with van der Waals surface area (Å²) in [6.45, 7) is 8.62. The predicted octanol–water partition coefficient (Wildman–Crippen LogP) is 2.36. The molecule has 3 aromatic heterocycles. The molecule has 5 heterocycles. The van der Waals surface area contributed by atoms with Crippen LogP contribution in [0.25, 0.3) is 22.1 Å². The van der Waals surface area contributed by atoms with Crippen LogP contribution in [-0.2, 0) is 11.2 Å². The van der Waals surface area contributed by atoms with E-state index in [1.165, 1.54) is 11.2 Å². The molecule has 4 aromatic rings. The number of imide groups is 1. The molecule has 0 saturated carbocycles. The zero-order valence-corrected chi connectivity index (χ0v) is 22.2. The fraction of sp³-hybridized carbons (Fsp3) is 0.407. The number of carbonyl (C=O) groups excluding carboxylic acids is 2. The third-order valence-corrected chi connectivity index (χ3v) is 8.00. The van der Waals surface area contributed by atoms with Gasteiger partial charge < -0.3 is 24.5 Å². The summed E-state index contributed by atoms with van der Waals surface area (Å²) < 4.78 is 5.69. The molecule has 2 N–H and O–H groups in total. The number of carbonyl (C=O) groups is 2. The Bertz CT molecular complexity index is 1660. The normalized spacial score (nSPS) is 19.2. The van der Waals surface area contributed by atoms with E-state index in [1.807, 2.05) is 30.0 Å². The van der Waals surface area contributed by atoms with E-state index in [0.29, 0.717) is 41.1 Å². The van der Waals surface area contributed by atoms with Gasteiger partial charge in [0, 0.05) is 48.9 Å². The van der Waals surface area contributed by atoms with Crippen LogP contribution >= 0.6 is 0 Å². The zero-order chi connectivity index (χ0) is 27.3. The molecule has 1 atom stereocenters. The van der Waals surface area contributed by atoms with Gasteiger partial charge in [-0.25, -0.2) is 24.5 Å². The van der Waals surface area contributed by atoms with Gasteiger partial charge in [0.25, 0.3) is 5.91 Å². The zero-order valence-electron chi connectivity index (χ0n) is 22.2. The van der Waals surface area contributed by atoms with Crippen molar-refractivity contribution in [2.45, 2.75) is 39.2 Å². The maximum Gasteiger partial charge on any atom is 0.339 e. The molecule has 0 bridgehead atoms. The van der Waals surface area contributed by atoms with Crippen LogP contribution in [0.4, 0.5) is 16.3 Å². The number of nitrogens with zero attached hydrogens (tertiary/aromatic N) is 6. The molecule has 2 aliphatic heterocycles. The molecule has 12 heteroatoms. The Morgan fingerprint density at radius 1 is 1.13 bits per heavy atom. The average Bonchev–Trinajstić information content (AvgIpc) is 3.63. The van der Waals surface area contributed by atoms with Crippen molar-refractivity contribution in [2.75, 3.05) is 42.5 Å². The van der Waals surface area contributed by atoms with E-state index in [-0.39, 0.29) is 25.4 Å². The van der Waals surface area contributed by atoms with E-state index in [9.17, 15) is 14.4 Å². The Balaban J connectivity index is 1.21. The minimum Gasteiger partial charge on any atom is -0.422 e. The van der Waals surface area contributed by atoms with E-state index in [1.54, 1.807) is 6.33 Å². The highest BCUT2D eigenvalue weighted by Crippen LogP contribution is 2.33. The summed E-state index contributed by atoms with van der Waals surface area (Å²) in [6.07, 6.45) is 3.65. The molecule has 0 radical (unpaired) electrons. The number of aryl methyl sites for hydroxylation is 1. The monoisotopic (exact) mass is 530 g/mol. The van der Waals surface area contributed by atoms with E-state index < -0.39 is 17.2 Å². The van der Waals surface area contributed by atoms with Gasteiger partial charge in [-0.15, -0.1) is 0 Å². The highest BCUT2D eigenvalue weighted by Gasteiger charge is 2.55. The first kappa shape index (κ1) is 24.8. The molecule has 39 heavy (non-hydrogen) atoms. The van der Waals surface area contributed by atoms with Crippen molar-refractivity contribution in [3.8, 4) is 0 Å². The summed E-state index contributed by atoms with van der Waals surface area (Å²) in [4.78, 5) is 60.6. The molecule has 6 rings (SSSR count). The van der Waals surface area contributed by atoms with E-state index in [0.717, 1.165) is 29.7 Å². The van der Waals surface area contributed by atoms with Gasteiger partial charge in [0.05, 0.1) is 12.9 Å². The van der Waals surface area contributed by atoms with Crippen LogP contribution in [0.3, 0.4) is 0 Å². The second-order valence-electron chi connectivity index (χ2n) is 10.0. The van der Waals surface area contributed by atoms with Crippen molar-refractivity contribution in [1.82, 2.24) is 30.2 Å². The Hall–Kier alpha value is -4.48. The van der Waals surface area contributed by atoms with Crippen LogP contribution in [0.1, 0.15) is 31.4 Å². The van der Waals surface area contributed by atoms with Crippen molar-refractivity contribution in [1.29, 1.82) is 0 Å². The number of nitrogens with one attached hydrogen (secondary N) is 2. The fourth-order valence-corrected chi connectivity index (χ4v) is 5.81. The fourth-order valence-electron chi connectivity index (χ4n) is 5.81. The molecule has 1 spiro atoms.